The molecule has 6 heteroatoms. The molecule has 0 aromatic carbocycles. The minimum Gasteiger partial charge on any atom is -0.495 e. The first-order valence-electron chi connectivity index (χ1n) is 13.5. The van der Waals surface area contributed by atoms with Gasteiger partial charge in [0.25, 0.3) is 0 Å². The highest BCUT2D eigenvalue weighted by Crippen LogP contribution is 2.26. The molecule has 2 aliphatic carbocycles. The Morgan fingerprint density at radius 2 is 1.71 bits per heavy atom. The number of rotatable bonds is 12. The Balaban J connectivity index is 2.16. The summed E-state index contributed by atoms with van der Waals surface area (Å²) >= 11 is 0. The van der Waals surface area contributed by atoms with E-state index in [1.807, 2.05) is 14.1 Å². The van der Waals surface area contributed by atoms with Gasteiger partial charge in [0.2, 0.25) is 0 Å². The van der Waals surface area contributed by atoms with Crippen molar-refractivity contribution in [3.63, 3.8) is 0 Å². The van der Waals surface area contributed by atoms with Crippen molar-refractivity contribution in [2.24, 2.45) is 5.92 Å². The van der Waals surface area contributed by atoms with Gasteiger partial charge in [-0.05, 0) is 69.1 Å². The topological polar surface area (TPSA) is 62.8 Å². The number of carbonyl (C=O) groups excluding carboxylic acids is 1. The van der Waals surface area contributed by atoms with E-state index < -0.39 is 0 Å². The van der Waals surface area contributed by atoms with Gasteiger partial charge in [-0.3, -0.25) is 0 Å². The maximum atomic E-state index is 12.7. The van der Waals surface area contributed by atoms with Crippen LogP contribution in [-0.4, -0.2) is 43.8 Å². The molecule has 2 saturated carbocycles. The van der Waals surface area contributed by atoms with Crippen LogP contribution in [0, 0.1) is 5.92 Å². The van der Waals surface area contributed by atoms with Gasteiger partial charge in [0.1, 0.15) is 6.61 Å². The molecule has 6 nitrogen and oxygen atoms in total. The summed E-state index contributed by atoms with van der Waals surface area (Å²) in [6, 6.07) is 0.311. The standard InChI is InChI=1S/C28H49N3O3/c1-7-13-23(20-33-28(32)31(6)24-14-11-12-15-24)27(30-29-5)22(4)18-19-26(21(2)3)34-25-16-9-8-10-17-25/h18-19,21,24-25,29-30H,7-17,20H2,1-6H3/b22-18+,26-19+,27-23+. The quantitative estimate of drug-likeness (QED) is 0.189. The van der Waals surface area contributed by atoms with E-state index in [-0.39, 0.29) is 12.7 Å². The van der Waals surface area contributed by atoms with Crippen molar-refractivity contribution in [3.05, 3.63) is 34.8 Å². The van der Waals surface area contributed by atoms with Gasteiger partial charge in [-0.25, -0.2) is 10.2 Å². The Kier molecular flexibility index (Phi) is 12.6. The van der Waals surface area contributed by atoms with Crippen molar-refractivity contribution >= 4 is 6.09 Å². The van der Waals surface area contributed by atoms with Crippen LogP contribution in [-0.2, 0) is 9.47 Å². The van der Waals surface area contributed by atoms with Crippen molar-refractivity contribution in [3.8, 4) is 0 Å². The van der Waals surface area contributed by atoms with Gasteiger partial charge in [-0.2, -0.15) is 0 Å². The molecule has 0 spiro atoms. The van der Waals surface area contributed by atoms with Crippen LogP contribution in [0.25, 0.3) is 0 Å². The van der Waals surface area contributed by atoms with E-state index in [2.05, 4.69) is 50.7 Å². The fourth-order valence-electron chi connectivity index (χ4n) is 4.89. The van der Waals surface area contributed by atoms with E-state index in [9.17, 15) is 4.79 Å². The summed E-state index contributed by atoms with van der Waals surface area (Å²) in [5, 5.41) is 0. The largest absolute Gasteiger partial charge is 0.495 e. The van der Waals surface area contributed by atoms with E-state index in [1.165, 1.54) is 32.1 Å². The average molecular weight is 476 g/mol. The van der Waals surface area contributed by atoms with Gasteiger partial charge in [0, 0.05) is 26.1 Å². The van der Waals surface area contributed by atoms with Crippen molar-refractivity contribution in [1.29, 1.82) is 0 Å². The molecular formula is C28H49N3O3. The zero-order valence-corrected chi connectivity index (χ0v) is 22.5. The highest BCUT2D eigenvalue weighted by atomic mass is 16.6. The molecule has 0 aromatic rings. The third kappa shape index (κ3) is 9.01. The Hall–Kier alpha value is -1.95. The molecule has 1 amide bonds. The van der Waals surface area contributed by atoms with E-state index in [0.717, 1.165) is 61.1 Å². The molecule has 0 aromatic heterocycles. The van der Waals surface area contributed by atoms with E-state index in [1.54, 1.807) is 4.90 Å². The molecule has 2 rings (SSSR count). The van der Waals surface area contributed by atoms with E-state index in [0.29, 0.717) is 18.1 Å². The fraction of sp³-hybridized carbons (Fsp3) is 0.750. The zero-order valence-electron chi connectivity index (χ0n) is 22.5. The molecular weight excluding hydrogens is 426 g/mol. The lowest BCUT2D eigenvalue weighted by Crippen LogP contribution is -2.36. The molecule has 0 bridgehead atoms. The number of carbonyl (C=O) groups is 1. The van der Waals surface area contributed by atoms with Gasteiger partial charge in [0.05, 0.1) is 17.6 Å². The molecule has 194 valence electrons. The molecule has 2 fully saturated rings. The van der Waals surface area contributed by atoms with E-state index in [4.69, 9.17) is 9.47 Å². The Morgan fingerprint density at radius 3 is 2.29 bits per heavy atom. The van der Waals surface area contributed by atoms with Crippen molar-refractivity contribution in [2.45, 2.75) is 110 Å². The number of nitrogens with one attached hydrogen (secondary N) is 2. The first-order chi connectivity index (χ1) is 16.4. The number of nitrogens with zero attached hydrogens (tertiary/aromatic N) is 1. The van der Waals surface area contributed by atoms with Crippen LogP contribution in [0.5, 0.6) is 0 Å². The van der Waals surface area contributed by atoms with E-state index >= 15 is 0 Å². The molecule has 0 aliphatic heterocycles. The molecule has 0 unspecified atom stereocenters. The van der Waals surface area contributed by atoms with Crippen molar-refractivity contribution in [1.82, 2.24) is 15.8 Å². The second-order valence-electron chi connectivity index (χ2n) is 10.2. The van der Waals surface area contributed by atoms with Crippen LogP contribution >= 0.6 is 0 Å². The summed E-state index contributed by atoms with van der Waals surface area (Å²) in [4.78, 5) is 14.5. The number of hydrogen-bond acceptors (Lipinski definition) is 5. The molecule has 0 radical (unpaired) electrons. The number of ether oxygens (including phenoxy) is 2. The summed E-state index contributed by atoms with van der Waals surface area (Å²) in [6.45, 7) is 8.90. The predicted octanol–water partition coefficient (Wildman–Crippen LogP) is 6.61. The van der Waals surface area contributed by atoms with Gasteiger partial charge in [-0.1, -0.05) is 52.5 Å². The SMILES string of the molecule is CCC/C(COC(=O)N(C)C1CCCC1)=C(NNC)/C(C)=C/C=C(/OC1CCCCC1)C(C)C. The molecule has 2 aliphatic rings. The molecule has 0 atom stereocenters. The maximum Gasteiger partial charge on any atom is 0.410 e. The van der Waals surface area contributed by atoms with Crippen LogP contribution in [0.4, 0.5) is 4.79 Å². The second kappa shape index (κ2) is 15.1. The maximum absolute atomic E-state index is 12.7. The summed E-state index contributed by atoms with van der Waals surface area (Å²) in [5.74, 6) is 1.37. The van der Waals surface area contributed by atoms with Gasteiger partial charge >= 0.3 is 6.09 Å². The fourth-order valence-corrected chi connectivity index (χ4v) is 4.89. The van der Waals surface area contributed by atoms with Crippen molar-refractivity contribution in [2.75, 3.05) is 20.7 Å². The lowest BCUT2D eigenvalue weighted by atomic mass is 9.97. The molecule has 0 saturated heterocycles. The predicted molar refractivity (Wildman–Crippen MR) is 140 cm³/mol. The normalized spacial score (nSPS) is 19.3. The minimum atomic E-state index is -0.228. The monoisotopic (exact) mass is 475 g/mol. The minimum absolute atomic E-state index is 0.228. The summed E-state index contributed by atoms with van der Waals surface area (Å²) in [7, 11) is 3.72. The second-order valence-corrected chi connectivity index (χ2v) is 10.2. The first-order valence-corrected chi connectivity index (χ1v) is 13.5. The Bertz CT molecular complexity index is 714. The lowest BCUT2D eigenvalue weighted by Gasteiger charge is -2.26. The zero-order chi connectivity index (χ0) is 24.9. The molecule has 34 heavy (non-hydrogen) atoms. The van der Waals surface area contributed by atoms with Crippen molar-refractivity contribution < 1.29 is 14.3 Å². The lowest BCUT2D eigenvalue weighted by molar-refractivity contribution is 0.0677. The van der Waals surface area contributed by atoms with Crippen LogP contribution in [0.3, 0.4) is 0 Å². The summed E-state index contributed by atoms with van der Waals surface area (Å²) < 4.78 is 12.2. The average Bonchev–Trinajstić information content (AvgIpc) is 3.37. The van der Waals surface area contributed by atoms with Crippen LogP contribution in [0.2, 0.25) is 0 Å². The van der Waals surface area contributed by atoms with Crippen LogP contribution < -0.4 is 10.9 Å². The van der Waals surface area contributed by atoms with Gasteiger partial charge in [0.15, 0.2) is 0 Å². The number of hydrazine groups is 1. The third-order valence-electron chi connectivity index (χ3n) is 7.00. The summed E-state index contributed by atoms with van der Waals surface area (Å²) in [5.41, 5.74) is 9.52. The molecule has 0 heterocycles. The Morgan fingerprint density at radius 1 is 1.06 bits per heavy atom. The number of allylic oxidation sites excluding steroid dienone is 4. The first kappa shape index (κ1) is 28.3. The third-order valence-corrected chi connectivity index (χ3v) is 7.00. The van der Waals surface area contributed by atoms with Crippen LogP contribution in [0.1, 0.15) is 98.3 Å². The molecule has 2 N–H and O–H groups in total. The van der Waals surface area contributed by atoms with Gasteiger partial charge in [-0.15, -0.1) is 0 Å². The highest BCUT2D eigenvalue weighted by Gasteiger charge is 2.25. The number of hydrogen-bond donors (Lipinski definition) is 2. The van der Waals surface area contributed by atoms with Gasteiger partial charge < -0.3 is 19.8 Å². The summed E-state index contributed by atoms with van der Waals surface area (Å²) in [6.07, 6.45) is 16.9. The highest BCUT2D eigenvalue weighted by molar-refractivity contribution is 5.68. The Labute approximate surface area is 208 Å². The van der Waals surface area contributed by atoms with Crippen LogP contribution in [0.15, 0.2) is 34.8 Å². The smallest absolute Gasteiger partial charge is 0.410 e. The number of amides is 1.